The van der Waals surface area contributed by atoms with Crippen molar-refractivity contribution in [3.63, 3.8) is 0 Å². The Labute approximate surface area is 175 Å². The smallest absolute Gasteiger partial charge is 0.252 e. The van der Waals surface area contributed by atoms with Gasteiger partial charge in [0, 0.05) is 25.7 Å². The number of amides is 2. The van der Waals surface area contributed by atoms with Crippen molar-refractivity contribution < 1.29 is 19.1 Å². The predicted octanol–water partition coefficient (Wildman–Crippen LogP) is 1.76. The summed E-state index contributed by atoms with van der Waals surface area (Å²) in [6.07, 6.45) is 4.73. The number of carbonyl (C=O) groups is 2. The second-order valence-corrected chi connectivity index (χ2v) is 7.53. The Hall–Kier alpha value is -2.97. The van der Waals surface area contributed by atoms with Gasteiger partial charge in [-0.15, -0.1) is 0 Å². The Morgan fingerprint density at radius 1 is 1.07 bits per heavy atom. The lowest BCUT2D eigenvalue weighted by Gasteiger charge is -2.32. The predicted molar refractivity (Wildman–Crippen MR) is 110 cm³/mol. The zero-order valence-corrected chi connectivity index (χ0v) is 16.7. The van der Waals surface area contributed by atoms with Gasteiger partial charge in [-0.25, -0.2) is 0 Å². The van der Waals surface area contributed by atoms with Gasteiger partial charge in [-0.1, -0.05) is 12.1 Å². The van der Waals surface area contributed by atoms with Crippen molar-refractivity contribution >= 4 is 11.8 Å². The number of rotatable bonds is 0. The molecule has 1 aromatic carbocycles. The number of fused-ring (bicyclic) bond motifs is 5. The van der Waals surface area contributed by atoms with Crippen LogP contribution in [0.5, 0.6) is 11.5 Å². The third-order valence-corrected chi connectivity index (χ3v) is 5.20. The standard InChI is InChI=1S/C22H26N4O4/c27-21-5-2-7-25-22(28)16-10-18(12-24-11-16)30-17-4-1-3-15(9-17)14-29-20-6-8-23-13-19(20)26-21/h1,3-4,9-12,19-20,23H,2,5-8,13-14H2,(H,25,28)(H,26,27)/t19-,20-/m0/s1. The van der Waals surface area contributed by atoms with E-state index in [1.165, 1.54) is 6.20 Å². The molecule has 2 amide bonds. The van der Waals surface area contributed by atoms with Crippen LogP contribution < -0.4 is 20.7 Å². The zero-order valence-electron chi connectivity index (χ0n) is 16.7. The van der Waals surface area contributed by atoms with Gasteiger partial charge >= 0.3 is 0 Å². The van der Waals surface area contributed by atoms with Gasteiger partial charge in [-0.2, -0.15) is 0 Å². The molecule has 4 bridgehead atoms. The maximum Gasteiger partial charge on any atom is 0.252 e. The maximum atomic E-state index is 12.4. The number of hydrogen-bond acceptors (Lipinski definition) is 6. The van der Waals surface area contributed by atoms with E-state index in [1.54, 1.807) is 12.3 Å². The van der Waals surface area contributed by atoms with Crippen molar-refractivity contribution in [1.82, 2.24) is 20.9 Å². The highest BCUT2D eigenvalue weighted by molar-refractivity contribution is 5.94. The van der Waals surface area contributed by atoms with Crippen LogP contribution in [0, 0.1) is 0 Å². The number of ether oxygens (including phenoxy) is 2. The first-order valence-corrected chi connectivity index (χ1v) is 10.3. The fourth-order valence-corrected chi connectivity index (χ4v) is 3.65. The van der Waals surface area contributed by atoms with Crippen LogP contribution >= 0.6 is 0 Å². The minimum atomic E-state index is -0.242. The summed E-state index contributed by atoms with van der Waals surface area (Å²) in [6, 6.07) is 9.21. The highest BCUT2D eigenvalue weighted by atomic mass is 16.5. The largest absolute Gasteiger partial charge is 0.456 e. The van der Waals surface area contributed by atoms with Crippen LogP contribution in [-0.4, -0.2) is 48.6 Å². The molecule has 1 saturated heterocycles. The number of piperidine rings is 1. The number of pyridine rings is 1. The second kappa shape index (κ2) is 9.69. The first-order valence-electron chi connectivity index (χ1n) is 10.3. The van der Waals surface area contributed by atoms with Crippen molar-refractivity contribution in [1.29, 1.82) is 0 Å². The Bertz CT molecular complexity index is 904. The normalized spacial score (nSPS) is 23.1. The van der Waals surface area contributed by atoms with Crippen LogP contribution in [-0.2, 0) is 16.1 Å². The van der Waals surface area contributed by atoms with Crippen LogP contribution in [0.4, 0.5) is 0 Å². The molecule has 1 aromatic heterocycles. The summed E-state index contributed by atoms with van der Waals surface area (Å²) in [5.41, 5.74) is 1.38. The number of hydrogen-bond donors (Lipinski definition) is 3. The summed E-state index contributed by atoms with van der Waals surface area (Å²) >= 11 is 0. The van der Waals surface area contributed by atoms with Crippen LogP contribution in [0.3, 0.4) is 0 Å². The van der Waals surface area contributed by atoms with E-state index in [4.69, 9.17) is 9.47 Å². The molecule has 2 aliphatic heterocycles. The van der Waals surface area contributed by atoms with E-state index in [0.29, 0.717) is 49.6 Å². The molecule has 2 aromatic rings. The highest BCUT2D eigenvalue weighted by Gasteiger charge is 2.27. The Kier molecular flexibility index (Phi) is 6.56. The molecular formula is C22H26N4O4. The average molecular weight is 410 g/mol. The van der Waals surface area contributed by atoms with Gasteiger partial charge in [-0.3, -0.25) is 14.6 Å². The summed E-state index contributed by atoms with van der Waals surface area (Å²) in [6.45, 7) is 2.37. The van der Waals surface area contributed by atoms with E-state index < -0.39 is 0 Å². The van der Waals surface area contributed by atoms with Gasteiger partial charge in [0.15, 0.2) is 0 Å². The minimum absolute atomic E-state index is 0.0354. The van der Waals surface area contributed by atoms with Gasteiger partial charge in [0.2, 0.25) is 5.91 Å². The summed E-state index contributed by atoms with van der Waals surface area (Å²) < 4.78 is 12.1. The first kappa shape index (κ1) is 20.3. The Morgan fingerprint density at radius 2 is 2.00 bits per heavy atom. The molecule has 0 spiro atoms. The second-order valence-electron chi connectivity index (χ2n) is 7.53. The highest BCUT2D eigenvalue weighted by Crippen LogP contribution is 2.23. The first-order chi connectivity index (χ1) is 14.7. The van der Waals surface area contributed by atoms with E-state index in [9.17, 15) is 9.59 Å². The maximum absolute atomic E-state index is 12.4. The molecule has 158 valence electrons. The molecule has 3 heterocycles. The molecule has 8 nitrogen and oxygen atoms in total. The fraction of sp³-hybridized carbons (Fsp3) is 0.409. The van der Waals surface area contributed by atoms with Crippen LogP contribution in [0.1, 0.15) is 35.2 Å². The molecule has 30 heavy (non-hydrogen) atoms. The molecule has 0 unspecified atom stereocenters. The van der Waals surface area contributed by atoms with E-state index in [0.717, 1.165) is 18.5 Å². The third kappa shape index (κ3) is 5.34. The molecule has 8 heteroatoms. The molecule has 0 aliphatic carbocycles. The van der Waals surface area contributed by atoms with E-state index >= 15 is 0 Å². The van der Waals surface area contributed by atoms with Crippen LogP contribution in [0.2, 0.25) is 0 Å². The number of benzene rings is 1. The van der Waals surface area contributed by atoms with E-state index in [2.05, 4.69) is 20.9 Å². The molecule has 0 saturated carbocycles. The Balaban J connectivity index is 1.55. The molecule has 2 aliphatic rings. The monoisotopic (exact) mass is 410 g/mol. The molecule has 4 rings (SSSR count). The van der Waals surface area contributed by atoms with Gasteiger partial charge in [0.25, 0.3) is 5.91 Å². The third-order valence-electron chi connectivity index (χ3n) is 5.20. The minimum Gasteiger partial charge on any atom is -0.456 e. The molecule has 2 atom stereocenters. The average Bonchev–Trinajstić information content (AvgIpc) is 2.76. The number of aromatic nitrogens is 1. The summed E-state index contributed by atoms with van der Waals surface area (Å²) in [7, 11) is 0. The topological polar surface area (TPSA) is 102 Å². The zero-order chi connectivity index (χ0) is 20.8. The van der Waals surface area contributed by atoms with Gasteiger partial charge in [0.1, 0.15) is 11.5 Å². The quantitative estimate of drug-likeness (QED) is 0.612. The lowest BCUT2D eigenvalue weighted by molar-refractivity contribution is -0.123. The van der Waals surface area contributed by atoms with Gasteiger partial charge in [-0.05, 0) is 43.1 Å². The van der Waals surface area contributed by atoms with Crippen molar-refractivity contribution in [3.8, 4) is 11.5 Å². The molecule has 3 N–H and O–H groups in total. The SMILES string of the molecule is O=C1CCCNC(=O)c2cncc(c2)Oc2cccc(c2)CO[C@H]2CCNC[C@@H]2N1. The van der Waals surface area contributed by atoms with Crippen LogP contribution in [0.25, 0.3) is 0 Å². The number of nitrogens with zero attached hydrogens (tertiary/aromatic N) is 1. The van der Waals surface area contributed by atoms with Gasteiger partial charge in [0.05, 0.1) is 30.5 Å². The Morgan fingerprint density at radius 3 is 2.93 bits per heavy atom. The van der Waals surface area contributed by atoms with Crippen molar-refractivity contribution in [3.05, 3.63) is 53.9 Å². The van der Waals surface area contributed by atoms with E-state index in [1.807, 2.05) is 24.3 Å². The van der Waals surface area contributed by atoms with Gasteiger partial charge < -0.3 is 25.4 Å². The molecule has 1 fully saturated rings. The lowest BCUT2D eigenvalue weighted by atomic mass is 10.0. The molecule has 0 radical (unpaired) electrons. The molecular weight excluding hydrogens is 384 g/mol. The summed E-state index contributed by atoms with van der Waals surface area (Å²) in [5.74, 6) is 0.853. The van der Waals surface area contributed by atoms with Crippen molar-refractivity contribution in [2.75, 3.05) is 19.6 Å². The fourth-order valence-electron chi connectivity index (χ4n) is 3.65. The van der Waals surface area contributed by atoms with Crippen molar-refractivity contribution in [2.24, 2.45) is 0 Å². The number of carbonyl (C=O) groups excluding carboxylic acids is 2. The lowest BCUT2D eigenvalue weighted by Crippen LogP contribution is -2.54. The number of nitrogens with one attached hydrogen (secondary N) is 3. The van der Waals surface area contributed by atoms with Crippen molar-refractivity contribution in [2.45, 2.75) is 38.0 Å². The summed E-state index contributed by atoms with van der Waals surface area (Å²) in [5, 5.41) is 9.21. The summed E-state index contributed by atoms with van der Waals surface area (Å²) in [4.78, 5) is 28.9. The van der Waals surface area contributed by atoms with E-state index in [-0.39, 0.29) is 24.0 Å². The van der Waals surface area contributed by atoms with Crippen LogP contribution in [0.15, 0.2) is 42.7 Å².